The SMILES string of the molecule is Cc1ccc(CN2C(=O)CCN(c3ccc(Br)cc3C)C2=O)cc1. The van der Waals surface area contributed by atoms with Crippen molar-refractivity contribution in [3.63, 3.8) is 0 Å². The van der Waals surface area contributed by atoms with Crippen LogP contribution in [0.1, 0.15) is 23.1 Å². The van der Waals surface area contributed by atoms with Crippen molar-refractivity contribution >= 4 is 33.6 Å². The molecule has 2 aromatic carbocycles. The summed E-state index contributed by atoms with van der Waals surface area (Å²) < 4.78 is 0.973. The maximum atomic E-state index is 12.9. The highest BCUT2D eigenvalue weighted by Crippen LogP contribution is 2.27. The van der Waals surface area contributed by atoms with Gasteiger partial charge in [0, 0.05) is 23.1 Å². The van der Waals surface area contributed by atoms with E-state index in [1.54, 1.807) is 4.90 Å². The second-order valence-corrected chi connectivity index (χ2v) is 7.00. The van der Waals surface area contributed by atoms with E-state index < -0.39 is 0 Å². The van der Waals surface area contributed by atoms with Gasteiger partial charge in [0.25, 0.3) is 0 Å². The Morgan fingerprint density at radius 2 is 1.75 bits per heavy atom. The van der Waals surface area contributed by atoms with Crippen LogP contribution in [0.5, 0.6) is 0 Å². The molecule has 3 amide bonds. The molecule has 4 nitrogen and oxygen atoms in total. The van der Waals surface area contributed by atoms with Gasteiger partial charge in [-0.3, -0.25) is 14.6 Å². The third-order valence-electron chi connectivity index (χ3n) is 4.22. The number of rotatable bonds is 3. The molecule has 1 aliphatic heterocycles. The molecule has 3 rings (SSSR count). The van der Waals surface area contributed by atoms with Crippen molar-refractivity contribution in [3.05, 3.63) is 63.6 Å². The molecule has 124 valence electrons. The Labute approximate surface area is 150 Å². The van der Waals surface area contributed by atoms with Crippen molar-refractivity contribution in [2.45, 2.75) is 26.8 Å². The number of carbonyl (C=O) groups is 2. The number of aryl methyl sites for hydroxylation is 2. The highest BCUT2D eigenvalue weighted by atomic mass is 79.9. The number of benzene rings is 2. The van der Waals surface area contributed by atoms with Crippen molar-refractivity contribution in [2.75, 3.05) is 11.4 Å². The summed E-state index contributed by atoms with van der Waals surface area (Å²) in [6.07, 6.45) is 0.340. The lowest BCUT2D eigenvalue weighted by atomic mass is 10.1. The molecule has 1 aliphatic rings. The van der Waals surface area contributed by atoms with Crippen LogP contribution >= 0.6 is 15.9 Å². The molecule has 0 N–H and O–H groups in total. The monoisotopic (exact) mass is 386 g/mol. The van der Waals surface area contributed by atoms with E-state index >= 15 is 0 Å². The standard InChI is InChI=1S/C19H19BrN2O2/c1-13-3-5-15(6-4-13)12-22-18(23)9-10-21(19(22)24)17-8-7-16(20)11-14(17)2/h3-8,11H,9-10,12H2,1-2H3. The lowest BCUT2D eigenvalue weighted by molar-refractivity contribution is -0.129. The van der Waals surface area contributed by atoms with Gasteiger partial charge in [-0.1, -0.05) is 45.8 Å². The molecule has 1 fully saturated rings. The average Bonchev–Trinajstić information content (AvgIpc) is 2.54. The summed E-state index contributed by atoms with van der Waals surface area (Å²) in [5.74, 6) is -0.119. The molecule has 1 saturated heterocycles. The van der Waals surface area contributed by atoms with Crippen LogP contribution in [0.3, 0.4) is 0 Å². The first kappa shape index (κ1) is 16.7. The van der Waals surface area contributed by atoms with E-state index in [1.807, 2.05) is 56.3 Å². The molecule has 0 radical (unpaired) electrons. The van der Waals surface area contributed by atoms with Crippen molar-refractivity contribution < 1.29 is 9.59 Å². The first-order chi connectivity index (χ1) is 11.5. The van der Waals surface area contributed by atoms with Gasteiger partial charge >= 0.3 is 6.03 Å². The second-order valence-electron chi connectivity index (χ2n) is 6.08. The number of anilines is 1. The first-order valence-electron chi connectivity index (χ1n) is 7.89. The van der Waals surface area contributed by atoms with Gasteiger partial charge in [-0.25, -0.2) is 4.79 Å². The minimum absolute atomic E-state index is 0.119. The minimum atomic E-state index is -0.253. The van der Waals surface area contributed by atoms with Crippen molar-refractivity contribution in [1.29, 1.82) is 0 Å². The summed E-state index contributed by atoms with van der Waals surface area (Å²) in [4.78, 5) is 28.2. The number of hydrogen-bond donors (Lipinski definition) is 0. The molecule has 0 saturated carbocycles. The van der Waals surface area contributed by atoms with Crippen molar-refractivity contribution in [2.24, 2.45) is 0 Å². The molecular formula is C19H19BrN2O2. The second kappa shape index (κ2) is 6.77. The first-order valence-corrected chi connectivity index (χ1v) is 8.68. The number of imide groups is 1. The van der Waals surface area contributed by atoms with E-state index in [1.165, 1.54) is 4.90 Å². The van der Waals surface area contributed by atoms with Gasteiger partial charge in [-0.15, -0.1) is 0 Å². The molecule has 0 unspecified atom stereocenters. The number of carbonyl (C=O) groups excluding carboxylic acids is 2. The molecule has 24 heavy (non-hydrogen) atoms. The normalized spacial score (nSPS) is 15.1. The van der Waals surface area contributed by atoms with Crippen molar-refractivity contribution in [3.8, 4) is 0 Å². The van der Waals surface area contributed by atoms with Gasteiger partial charge in [-0.2, -0.15) is 0 Å². The van der Waals surface area contributed by atoms with Crippen LogP contribution in [-0.4, -0.2) is 23.4 Å². The van der Waals surface area contributed by atoms with Crippen LogP contribution in [0, 0.1) is 13.8 Å². The molecule has 0 atom stereocenters. The Balaban J connectivity index is 1.85. The molecule has 0 bridgehead atoms. The summed E-state index contributed by atoms with van der Waals surface area (Å²) in [5.41, 5.74) is 3.96. The van der Waals surface area contributed by atoms with Gasteiger partial charge in [-0.05, 0) is 43.2 Å². The summed E-state index contributed by atoms with van der Waals surface area (Å²) in [6.45, 7) is 4.71. The largest absolute Gasteiger partial charge is 0.331 e. The maximum absolute atomic E-state index is 12.9. The zero-order valence-corrected chi connectivity index (χ0v) is 15.3. The smallest absolute Gasteiger partial charge is 0.293 e. The van der Waals surface area contributed by atoms with Gasteiger partial charge < -0.3 is 0 Å². The van der Waals surface area contributed by atoms with E-state index in [4.69, 9.17) is 0 Å². The quantitative estimate of drug-likeness (QED) is 0.782. The Morgan fingerprint density at radius 3 is 2.42 bits per heavy atom. The molecule has 2 aromatic rings. The van der Waals surface area contributed by atoms with E-state index in [0.29, 0.717) is 19.5 Å². The fourth-order valence-electron chi connectivity index (χ4n) is 2.87. The van der Waals surface area contributed by atoms with Gasteiger partial charge in [0.15, 0.2) is 0 Å². The number of nitrogens with zero attached hydrogens (tertiary/aromatic N) is 2. The highest BCUT2D eigenvalue weighted by Gasteiger charge is 2.33. The van der Waals surface area contributed by atoms with E-state index in [-0.39, 0.29) is 11.9 Å². The Bertz CT molecular complexity index is 786. The number of amides is 3. The predicted octanol–water partition coefficient (Wildman–Crippen LogP) is 4.42. The zero-order chi connectivity index (χ0) is 17.3. The fourth-order valence-corrected chi connectivity index (χ4v) is 3.34. The number of urea groups is 1. The Morgan fingerprint density at radius 1 is 1.04 bits per heavy atom. The topological polar surface area (TPSA) is 40.6 Å². The summed E-state index contributed by atoms with van der Waals surface area (Å²) in [5, 5.41) is 0. The third kappa shape index (κ3) is 3.36. The minimum Gasteiger partial charge on any atom is -0.293 e. The van der Waals surface area contributed by atoms with Crippen LogP contribution in [0.2, 0.25) is 0 Å². The third-order valence-corrected chi connectivity index (χ3v) is 4.72. The van der Waals surface area contributed by atoms with E-state index in [2.05, 4.69) is 15.9 Å². The molecule has 1 heterocycles. The lowest BCUT2D eigenvalue weighted by Crippen LogP contribution is -2.52. The van der Waals surface area contributed by atoms with E-state index in [9.17, 15) is 9.59 Å². The van der Waals surface area contributed by atoms with Crippen molar-refractivity contribution in [1.82, 2.24) is 4.90 Å². The lowest BCUT2D eigenvalue weighted by Gasteiger charge is -2.35. The average molecular weight is 387 g/mol. The van der Waals surface area contributed by atoms with E-state index in [0.717, 1.165) is 26.9 Å². The van der Waals surface area contributed by atoms with Gasteiger partial charge in [0.1, 0.15) is 0 Å². The van der Waals surface area contributed by atoms with Crippen LogP contribution in [0.15, 0.2) is 46.9 Å². The Hall–Kier alpha value is -2.14. The molecule has 0 aromatic heterocycles. The van der Waals surface area contributed by atoms with Crippen LogP contribution < -0.4 is 4.90 Å². The molecule has 0 spiro atoms. The van der Waals surface area contributed by atoms with Crippen LogP contribution in [-0.2, 0) is 11.3 Å². The number of halogens is 1. The Kier molecular flexibility index (Phi) is 4.71. The number of hydrogen-bond acceptors (Lipinski definition) is 2. The summed E-state index contributed by atoms with van der Waals surface area (Å²) in [6, 6.07) is 13.4. The molecule has 0 aliphatic carbocycles. The molecular weight excluding hydrogens is 368 g/mol. The summed E-state index contributed by atoms with van der Waals surface area (Å²) >= 11 is 3.44. The fraction of sp³-hybridized carbons (Fsp3) is 0.263. The highest BCUT2D eigenvalue weighted by molar-refractivity contribution is 9.10. The van der Waals surface area contributed by atoms with Crippen LogP contribution in [0.4, 0.5) is 10.5 Å². The van der Waals surface area contributed by atoms with Gasteiger partial charge in [0.2, 0.25) is 5.91 Å². The maximum Gasteiger partial charge on any atom is 0.331 e. The summed E-state index contributed by atoms with van der Waals surface area (Å²) in [7, 11) is 0. The van der Waals surface area contributed by atoms with Crippen LogP contribution in [0.25, 0.3) is 0 Å². The molecule has 5 heteroatoms. The predicted molar refractivity (Wildman–Crippen MR) is 98.0 cm³/mol. The van der Waals surface area contributed by atoms with Gasteiger partial charge in [0.05, 0.1) is 6.54 Å². The zero-order valence-electron chi connectivity index (χ0n) is 13.8.